The molecule has 1 aromatic carbocycles. The van der Waals surface area contributed by atoms with Crippen molar-refractivity contribution in [3.8, 4) is 0 Å². The van der Waals surface area contributed by atoms with Crippen LogP contribution in [0.5, 0.6) is 0 Å². The number of pyridine rings is 1. The predicted octanol–water partition coefficient (Wildman–Crippen LogP) is 4.03. The average Bonchev–Trinajstić information content (AvgIpc) is 3.39. The van der Waals surface area contributed by atoms with Crippen LogP contribution in [0.25, 0.3) is 0 Å². The minimum atomic E-state index is 0.130. The van der Waals surface area contributed by atoms with Gasteiger partial charge in [0.15, 0.2) is 0 Å². The highest BCUT2D eigenvalue weighted by Gasteiger charge is 2.30. The normalized spacial score (nSPS) is 18.8. The first-order chi connectivity index (χ1) is 13.7. The minimum absolute atomic E-state index is 0.130. The lowest BCUT2D eigenvalue weighted by molar-refractivity contribution is 0.0514. The summed E-state index contributed by atoms with van der Waals surface area (Å²) in [5, 5.41) is 3.45. The van der Waals surface area contributed by atoms with Crippen LogP contribution in [0, 0.1) is 12.8 Å². The first-order valence-corrected chi connectivity index (χ1v) is 10.3. The molecule has 0 spiro atoms. The van der Waals surface area contributed by atoms with Crippen molar-refractivity contribution in [2.24, 2.45) is 5.92 Å². The van der Waals surface area contributed by atoms with Crippen molar-refractivity contribution in [2.45, 2.75) is 45.3 Å². The SMILES string of the molecule is Cc1c(NCc2cccnc2)cccc1C(=O)N(CC1CC1)C[C@H]1CCCO1. The third-order valence-electron chi connectivity index (χ3n) is 5.68. The Bertz CT molecular complexity index is 799. The summed E-state index contributed by atoms with van der Waals surface area (Å²) in [6, 6.07) is 9.93. The predicted molar refractivity (Wildman–Crippen MR) is 110 cm³/mol. The monoisotopic (exact) mass is 379 g/mol. The van der Waals surface area contributed by atoms with E-state index in [1.54, 1.807) is 6.20 Å². The molecule has 2 aromatic rings. The van der Waals surface area contributed by atoms with Crippen LogP contribution < -0.4 is 5.32 Å². The Morgan fingerprint density at radius 1 is 1.21 bits per heavy atom. The number of hydrogen-bond donors (Lipinski definition) is 1. The number of hydrogen-bond acceptors (Lipinski definition) is 4. The van der Waals surface area contributed by atoms with E-state index in [1.807, 2.05) is 48.4 Å². The van der Waals surface area contributed by atoms with Crippen molar-refractivity contribution >= 4 is 11.6 Å². The summed E-state index contributed by atoms with van der Waals surface area (Å²) in [7, 11) is 0. The van der Waals surface area contributed by atoms with Gasteiger partial charge in [0.1, 0.15) is 0 Å². The van der Waals surface area contributed by atoms with Gasteiger partial charge in [0.05, 0.1) is 6.10 Å². The van der Waals surface area contributed by atoms with E-state index in [0.717, 1.165) is 48.4 Å². The van der Waals surface area contributed by atoms with E-state index in [2.05, 4.69) is 10.3 Å². The third kappa shape index (κ3) is 4.71. The van der Waals surface area contributed by atoms with E-state index in [9.17, 15) is 4.79 Å². The molecule has 1 atom stereocenters. The van der Waals surface area contributed by atoms with Crippen molar-refractivity contribution in [3.05, 3.63) is 59.4 Å². The molecule has 148 valence electrons. The van der Waals surface area contributed by atoms with Gasteiger partial charge in [-0.25, -0.2) is 0 Å². The Labute approximate surface area is 167 Å². The van der Waals surface area contributed by atoms with Gasteiger partial charge < -0.3 is 15.0 Å². The van der Waals surface area contributed by atoms with Crippen molar-refractivity contribution < 1.29 is 9.53 Å². The number of anilines is 1. The fraction of sp³-hybridized carbons (Fsp3) is 0.478. The maximum Gasteiger partial charge on any atom is 0.254 e. The second-order valence-electron chi connectivity index (χ2n) is 7.98. The molecule has 28 heavy (non-hydrogen) atoms. The van der Waals surface area contributed by atoms with Crippen molar-refractivity contribution in [1.29, 1.82) is 0 Å². The van der Waals surface area contributed by atoms with E-state index in [4.69, 9.17) is 4.74 Å². The number of carbonyl (C=O) groups excluding carboxylic acids is 1. The van der Waals surface area contributed by atoms with Gasteiger partial charge in [-0.3, -0.25) is 9.78 Å². The molecule has 1 N–H and O–H groups in total. The van der Waals surface area contributed by atoms with Crippen molar-refractivity contribution in [3.63, 3.8) is 0 Å². The van der Waals surface area contributed by atoms with E-state index in [-0.39, 0.29) is 12.0 Å². The molecule has 5 nitrogen and oxygen atoms in total. The Hall–Kier alpha value is -2.40. The van der Waals surface area contributed by atoms with Gasteiger partial charge in [0.25, 0.3) is 5.91 Å². The third-order valence-corrected chi connectivity index (χ3v) is 5.68. The molecule has 1 aliphatic heterocycles. The molecule has 0 unspecified atom stereocenters. The number of aromatic nitrogens is 1. The fourth-order valence-electron chi connectivity index (χ4n) is 3.82. The van der Waals surface area contributed by atoms with Crippen molar-refractivity contribution in [1.82, 2.24) is 9.88 Å². The molecule has 4 rings (SSSR count). The van der Waals surface area contributed by atoms with Gasteiger partial charge in [-0.1, -0.05) is 12.1 Å². The first kappa shape index (κ1) is 18.9. The summed E-state index contributed by atoms with van der Waals surface area (Å²) >= 11 is 0. The van der Waals surface area contributed by atoms with Crippen LogP contribution in [0.1, 0.15) is 47.2 Å². The smallest absolute Gasteiger partial charge is 0.254 e. The fourth-order valence-corrected chi connectivity index (χ4v) is 3.82. The summed E-state index contributed by atoms with van der Waals surface area (Å²) in [6.07, 6.45) is 8.45. The van der Waals surface area contributed by atoms with Gasteiger partial charge in [0, 0.05) is 49.9 Å². The molecule has 5 heteroatoms. The average molecular weight is 380 g/mol. The van der Waals surface area contributed by atoms with Gasteiger partial charge in [-0.2, -0.15) is 0 Å². The molecule has 2 aliphatic rings. The lowest BCUT2D eigenvalue weighted by Crippen LogP contribution is -2.39. The van der Waals surface area contributed by atoms with E-state index in [1.165, 1.54) is 12.8 Å². The highest BCUT2D eigenvalue weighted by Crippen LogP contribution is 2.31. The lowest BCUT2D eigenvalue weighted by atomic mass is 10.0. The van der Waals surface area contributed by atoms with Crippen molar-refractivity contribution in [2.75, 3.05) is 25.0 Å². The highest BCUT2D eigenvalue weighted by molar-refractivity contribution is 5.97. The Morgan fingerprint density at radius 3 is 2.82 bits per heavy atom. The van der Waals surface area contributed by atoms with E-state index >= 15 is 0 Å². The van der Waals surface area contributed by atoms with Crippen LogP contribution in [-0.4, -0.2) is 41.6 Å². The number of nitrogens with one attached hydrogen (secondary N) is 1. The minimum Gasteiger partial charge on any atom is -0.381 e. The number of amides is 1. The second-order valence-corrected chi connectivity index (χ2v) is 7.98. The van der Waals surface area contributed by atoms with Crippen LogP contribution in [0.15, 0.2) is 42.7 Å². The maximum atomic E-state index is 13.4. The molecule has 0 radical (unpaired) electrons. The number of benzene rings is 1. The molecular weight excluding hydrogens is 350 g/mol. The quantitative estimate of drug-likeness (QED) is 0.752. The molecule has 1 amide bonds. The zero-order valence-corrected chi connectivity index (χ0v) is 16.6. The summed E-state index contributed by atoms with van der Waals surface area (Å²) < 4.78 is 5.80. The molecule has 1 aliphatic carbocycles. The Kier molecular flexibility index (Phi) is 5.91. The summed E-state index contributed by atoms with van der Waals surface area (Å²) in [4.78, 5) is 19.6. The van der Waals surface area contributed by atoms with Crippen LogP contribution in [0.3, 0.4) is 0 Å². The summed E-state index contributed by atoms with van der Waals surface area (Å²) in [5.41, 5.74) is 3.91. The van der Waals surface area contributed by atoms with Gasteiger partial charge in [0.2, 0.25) is 0 Å². The lowest BCUT2D eigenvalue weighted by Gasteiger charge is -2.26. The molecule has 0 bridgehead atoms. The zero-order valence-electron chi connectivity index (χ0n) is 16.6. The van der Waals surface area contributed by atoms with Gasteiger partial charge in [-0.15, -0.1) is 0 Å². The standard InChI is InChI=1S/C23H29N3O2/c1-17-21(7-2-8-22(17)25-14-19-5-3-11-24-13-19)23(27)26(15-18-9-10-18)16-20-6-4-12-28-20/h2-3,5,7-8,11,13,18,20,25H,4,6,9-10,12,14-16H2,1H3/t20-/m1/s1. The van der Waals surface area contributed by atoms with Gasteiger partial charge in [-0.05, 0) is 67.9 Å². The number of ether oxygens (including phenoxy) is 1. The summed E-state index contributed by atoms with van der Waals surface area (Å²) in [6.45, 7) is 5.10. The molecule has 2 fully saturated rings. The first-order valence-electron chi connectivity index (χ1n) is 10.3. The Morgan fingerprint density at radius 2 is 2.11 bits per heavy atom. The molecule has 1 saturated carbocycles. The van der Waals surface area contributed by atoms with E-state index in [0.29, 0.717) is 19.0 Å². The molecule has 2 heterocycles. The second kappa shape index (κ2) is 8.74. The zero-order chi connectivity index (χ0) is 19.3. The number of carbonyl (C=O) groups is 1. The molecular formula is C23H29N3O2. The number of nitrogens with zero attached hydrogens (tertiary/aromatic N) is 2. The van der Waals surface area contributed by atoms with Crippen LogP contribution in [-0.2, 0) is 11.3 Å². The summed E-state index contributed by atoms with van der Waals surface area (Å²) in [5.74, 6) is 0.794. The topological polar surface area (TPSA) is 54.5 Å². The van der Waals surface area contributed by atoms with E-state index < -0.39 is 0 Å². The van der Waals surface area contributed by atoms with Crippen LogP contribution >= 0.6 is 0 Å². The maximum absolute atomic E-state index is 13.4. The van der Waals surface area contributed by atoms with Gasteiger partial charge >= 0.3 is 0 Å². The highest BCUT2D eigenvalue weighted by atomic mass is 16.5. The largest absolute Gasteiger partial charge is 0.381 e. The van der Waals surface area contributed by atoms with Crippen LogP contribution in [0.2, 0.25) is 0 Å². The molecule has 1 aromatic heterocycles. The Balaban J connectivity index is 1.48. The van der Waals surface area contributed by atoms with Crippen LogP contribution in [0.4, 0.5) is 5.69 Å². The molecule has 1 saturated heterocycles. The number of rotatable bonds is 8.